The number of rotatable bonds is 0. The smallest absolute Gasteiger partial charge is 0.109 e. The Balaban J connectivity index is 2.40. The highest BCUT2D eigenvalue weighted by molar-refractivity contribution is 5.25. The van der Waals surface area contributed by atoms with Crippen molar-refractivity contribution in [3.63, 3.8) is 0 Å². The fourth-order valence-corrected chi connectivity index (χ4v) is 2.81. The van der Waals surface area contributed by atoms with E-state index < -0.39 is 0 Å². The molecule has 15 heavy (non-hydrogen) atoms. The van der Waals surface area contributed by atoms with Crippen molar-refractivity contribution >= 4 is 0 Å². The summed E-state index contributed by atoms with van der Waals surface area (Å²) >= 11 is 0. The number of hydrogen-bond donors (Lipinski definition) is 0. The molecule has 0 aromatic carbocycles. The summed E-state index contributed by atoms with van der Waals surface area (Å²) in [7, 11) is 0. The van der Waals surface area contributed by atoms with Crippen LogP contribution in [0.1, 0.15) is 53.4 Å². The lowest BCUT2D eigenvalue weighted by atomic mass is 9.79. The zero-order valence-electron chi connectivity index (χ0n) is 10.4. The van der Waals surface area contributed by atoms with Crippen LogP contribution in [0, 0.1) is 5.41 Å². The van der Waals surface area contributed by atoms with Crippen molar-refractivity contribution in [3.05, 3.63) is 23.5 Å². The van der Waals surface area contributed by atoms with Crippen molar-refractivity contribution in [1.29, 1.82) is 0 Å². The summed E-state index contributed by atoms with van der Waals surface area (Å²) in [6, 6.07) is 0. The topological polar surface area (TPSA) is 9.23 Å². The Hall–Kier alpha value is -0.720. The summed E-state index contributed by atoms with van der Waals surface area (Å²) < 4.78 is 6.05. The van der Waals surface area contributed by atoms with E-state index in [-0.39, 0.29) is 5.60 Å². The van der Waals surface area contributed by atoms with Crippen molar-refractivity contribution in [1.82, 2.24) is 0 Å². The number of hydrogen-bond acceptors (Lipinski definition) is 1. The first-order valence-electron chi connectivity index (χ1n) is 5.98. The van der Waals surface area contributed by atoms with Crippen LogP contribution in [-0.4, -0.2) is 5.60 Å². The highest BCUT2D eigenvalue weighted by Crippen LogP contribution is 2.45. The van der Waals surface area contributed by atoms with Gasteiger partial charge in [-0.1, -0.05) is 25.5 Å². The molecule has 84 valence electrons. The minimum atomic E-state index is 0.0384. The molecule has 0 aromatic rings. The van der Waals surface area contributed by atoms with Gasteiger partial charge in [-0.15, -0.1) is 0 Å². The van der Waals surface area contributed by atoms with Crippen LogP contribution in [0.3, 0.4) is 0 Å². The molecule has 0 aromatic heterocycles. The molecule has 0 N–H and O–H groups in total. The van der Waals surface area contributed by atoms with Crippen LogP contribution < -0.4 is 0 Å². The van der Waals surface area contributed by atoms with Gasteiger partial charge in [-0.25, -0.2) is 0 Å². The summed E-state index contributed by atoms with van der Waals surface area (Å²) in [6.07, 6.45) is 9.24. The average molecular weight is 206 g/mol. The van der Waals surface area contributed by atoms with Crippen LogP contribution in [0.15, 0.2) is 23.5 Å². The van der Waals surface area contributed by atoms with Crippen LogP contribution in [-0.2, 0) is 4.74 Å². The van der Waals surface area contributed by atoms with Gasteiger partial charge < -0.3 is 4.74 Å². The van der Waals surface area contributed by atoms with E-state index in [1.54, 1.807) is 5.57 Å². The van der Waals surface area contributed by atoms with Crippen molar-refractivity contribution < 1.29 is 4.74 Å². The zero-order chi connectivity index (χ0) is 11.1. The fraction of sp³-hybridized carbons (Fsp3) is 0.714. The Morgan fingerprint density at radius 1 is 1.13 bits per heavy atom. The fourth-order valence-electron chi connectivity index (χ4n) is 2.81. The van der Waals surface area contributed by atoms with Gasteiger partial charge in [0, 0.05) is 6.42 Å². The molecule has 1 aliphatic carbocycles. The quantitative estimate of drug-likeness (QED) is 0.577. The van der Waals surface area contributed by atoms with Crippen LogP contribution in [0.4, 0.5) is 0 Å². The molecular formula is C14H22O. The summed E-state index contributed by atoms with van der Waals surface area (Å²) in [5.74, 6) is 1.06. The van der Waals surface area contributed by atoms with Gasteiger partial charge >= 0.3 is 0 Å². The molecule has 2 rings (SSSR count). The first kappa shape index (κ1) is 10.8. The van der Waals surface area contributed by atoms with E-state index in [1.165, 1.54) is 19.3 Å². The van der Waals surface area contributed by atoms with Gasteiger partial charge in [0.25, 0.3) is 0 Å². The molecule has 1 atom stereocenters. The Morgan fingerprint density at radius 3 is 2.60 bits per heavy atom. The molecule has 2 aliphatic rings. The summed E-state index contributed by atoms with van der Waals surface area (Å²) in [6.45, 7) is 9.04. The maximum atomic E-state index is 6.05. The third kappa shape index (κ3) is 2.11. The van der Waals surface area contributed by atoms with Gasteiger partial charge in [0.1, 0.15) is 5.60 Å². The van der Waals surface area contributed by atoms with E-state index in [4.69, 9.17) is 4.74 Å². The lowest BCUT2D eigenvalue weighted by Gasteiger charge is -2.31. The molecule has 1 unspecified atom stereocenters. The second-order valence-electron chi connectivity index (χ2n) is 5.94. The lowest BCUT2D eigenvalue weighted by molar-refractivity contribution is 0.0146. The van der Waals surface area contributed by atoms with Gasteiger partial charge in [0.05, 0.1) is 5.76 Å². The van der Waals surface area contributed by atoms with Gasteiger partial charge in [-0.3, -0.25) is 0 Å². The molecule has 1 heteroatoms. The molecular weight excluding hydrogens is 184 g/mol. The Bertz CT molecular complexity index is 322. The van der Waals surface area contributed by atoms with E-state index in [2.05, 4.69) is 39.8 Å². The highest BCUT2D eigenvalue weighted by Gasteiger charge is 2.37. The van der Waals surface area contributed by atoms with E-state index in [9.17, 15) is 0 Å². The Labute approximate surface area is 93.2 Å². The van der Waals surface area contributed by atoms with Gasteiger partial charge in [0.15, 0.2) is 0 Å². The maximum Gasteiger partial charge on any atom is 0.109 e. The molecule has 1 nitrogen and oxygen atoms in total. The predicted molar refractivity (Wildman–Crippen MR) is 63.6 cm³/mol. The molecule has 0 spiro atoms. The third-order valence-corrected chi connectivity index (χ3v) is 3.87. The normalized spacial score (nSPS) is 34.4. The summed E-state index contributed by atoms with van der Waals surface area (Å²) in [5.41, 5.74) is 1.94. The van der Waals surface area contributed by atoms with Crippen molar-refractivity contribution in [2.75, 3.05) is 0 Å². The average Bonchev–Trinajstić information content (AvgIpc) is 2.30. The second-order valence-corrected chi connectivity index (χ2v) is 5.94. The third-order valence-electron chi connectivity index (χ3n) is 3.87. The largest absolute Gasteiger partial charge is 0.492 e. The molecule has 1 aliphatic heterocycles. The van der Waals surface area contributed by atoms with Crippen molar-refractivity contribution in [2.45, 2.75) is 59.0 Å². The Morgan fingerprint density at radius 2 is 1.87 bits per heavy atom. The van der Waals surface area contributed by atoms with E-state index in [1.807, 2.05) is 0 Å². The predicted octanol–water partition coefficient (Wildman–Crippen LogP) is 4.21. The standard InChI is InChI=1S/C14H22O/c1-11-6-7-12-10-14(4,15-11)9-5-8-13(12,2)3/h6-7H,5,8-10H2,1-4H3. The van der Waals surface area contributed by atoms with Crippen molar-refractivity contribution in [2.24, 2.45) is 5.41 Å². The van der Waals surface area contributed by atoms with Crippen LogP contribution >= 0.6 is 0 Å². The minimum absolute atomic E-state index is 0.0384. The van der Waals surface area contributed by atoms with Gasteiger partial charge in [0.2, 0.25) is 0 Å². The van der Waals surface area contributed by atoms with E-state index >= 15 is 0 Å². The minimum Gasteiger partial charge on any atom is -0.492 e. The summed E-state index contributed by atoms with van der Waals surface area (Å²) in [4.78, 5) is 0. The van der Waals surface area contributed by atoms with Gasteiger partial charge in [-0.2, -0.15) is 0 Å². The molecule has 1 heterocycles. The lowest BCUT2D eigenvalue weighted by Crippen LogP contribution is -2.27. The van der Waals surface area contributed by atoms with E-state index in [0.717, 1.165) is 12.2 Å². The SMILES string of the molecule is CC1=CC=C2CC(C)(CCCC2(C)C)O1. The van der Waals surface area contributed by atoms with Crippen LogP contribution in [0.2, 0.25) is 0 Å². The first-order valence-corrected chi connectivity index (χ1v) is 5.98. The number of fused-ring (bicyclic) bond motifs is 2. The molecule has 2 bridgehead atoms. The van der Waals surface area contributed by atoms with Gasteiger partial charge in [-0.05, 0) is 44.6 Å². The molecule has 1 fully saturated rings. The second kappa shape index (κ2) is 3.40. The summed E-state index contributed by atoms with van der Waals surface area (Å²) in [5, 5.41) is 0. The van der Waals surface area contributed by atoms with Crippen molar-refractivity contribution in [3.8, 4) is 0 Å². The zero-order valence-corrected chi connectivity index (χ0v) is 10.4. The maximum absolute atomic E-state index is 6.05. The molecule has 0 amide bonds. The Kier molecular flexibility index (Phi) is 2.44. The molecule has 0 saturated heterocycles. The molecule has 0 radical (unpaired) electrons. The first-order chi connectivity index (χ1) is 6.91. The van der Waals surface area contributed by atoms with E-state index in [0.29, 0.717) is 5.41 Å². The monoisotopic (exact) mass is 206 g/mol. The van der Waals surface area contributed by atoms with Crippen LogP contribution in [0.5, 0.6) is 0 Å². The molecule has 1 saturated carbocycles. The number of allylic oxidation sites excluding steroid dienone is 3. The van der Waals surface area contributed by atoms with Crippen LogP contribution in [0.25, 0.3) is 0 Å². The number of ether oxygens (including phenoxy) is 1. The highest BCUT2D eigenvalue weighted by atomic mass is 16.5.